The molecule has 1 heterocycles. The van der Waals surface area contributed by atoms with E-state index in [1.165, 1.54) is 18.0 Å². The van der Waals surface area contributed by atoms with E-state index in [2.05, 4.69) is 11.3 Å². The summed E-state index contributed by atoms with van der Waals surface area (Å²) in [5.74, 6) is 1.03. The molecule has 0 amide bonds. The molecular formula is C8H15N3OS2. The van der Waals surface area contributed by atoms with Crippen molar-refractivity contribution < 1.29 is 5.11 Å². The molecule has 0 aliphatic heterocycles. The van der Waals surface area contributed by atoms with Crippen LogP contribution in [0.1, 0.15) is 19.8 Å². The first-order valence-corrected chi connectivity index (χ1v) is 6.40. The molecule has 80 valence electrons. The van der Waals surface area contributed by atoms with Gasteiger partial charge in [0.15, 0.2) is 5.16 Å². The molecule has 4 nitrogen and oxygen atoms in total. The number of aromatic nitrogens is 2. The summed E-state index contributed by atoms with van der Waals surface area (Å²) in [6, 6.07) is 0. The molecule has 2 N–H and O–H groups in total. The van der Waals surface area contributed by atoms with Crippen molar-refractivity contribution >= 4 is 23.3 Å². The highest BCUT2D eigenvalue weighted by atomic mass is 32.2. The van der Waals surface area contributed by atoms with E-state index in [0.29, 0.717) is 11.3 Å². The predicted octanol–water partition coefficient (Wildman–Crippen LogP) is 1.31. The molecule has 1 aromatic heterocycles. The van der Waals surface area contributed by atoms with Gasteiger partial charge in [0.2, 0.25) is 4.80 Å². The largest absolute Gasteiger partial charge is 0.395 e. The number of rotatable bonds is 6. The minimum atomic E-state index is 0.0658. The summed E-state index contributed by atoms with van der Waals surface area (Å²) >= 11 is 2.84. The molecule has 1 rings (SSSR count). The van der Waals surface area contributed by atoms with E-state index in [4.69, 9.17) is 10.5 Å². The Hall–Kier alpha value is -0.330. The summed E-state index contributed by atoms with van der Waals surface area (Å²) < 4.78 is 5.93. The van der Waals surface area contributed by atoms with Crippen LogP contribution in [0.5, 0.6) is 0 Å². The number of hydrogen-bond donors (Lipinski definition) is 2. The third-order valence-electron chi connectivity index (χ3n) is 1.74. The van der Waals surface area contributed by atoms with Crippen molar-refractivity contribution in [1.82, 2.24) is 8.94 Å². The van der Waals surface area contributed by atoms with Crippen molar-refractivity contribution in [3.8, 4) is 0 Å². The number of aliphatic hydroxyl groups excluding tert-OH is 1. The normalized spacial score (nSPS) is 10.7. The minimum Gasteiger partial charge on any atom is -0.395 e. The zero-order chi connectivity index (χ0) is 10.4. The van der Waals surface area contributed by atoms with E-state index in [1.54, 1.807) is 16.3 Å². The van der Waals surface area contributed by atoms with Gasteiger partial charge in [-0.15, -0.1) is 0 Å². The van der Waals surface area contributed by atoms with Crippen molar-refractivity contribution in [2.75, 3.05) is 12.4 Å². The van der Waals surface area contributed by atoms with Gasteiger partial charge in [-0.1, -0.05) is 25.1 Å². The summed E-state index contributed by atoms with van der Waals surface area (Å²) in [4.78, 5) is 0.415. The van der Waals surface area contributed by atoms with Gasteiger partial charge in [0.1, 0.15) is 0 Å². The summed E-state index contributed by atoms with van der Waals surface area (Å²) in [6.07, 6.45) is 2.33. The van der Waals surface area contributed by atoms with Crippen molar-refractivity contribution in [2.45, 2.75) is 31.5 Å². The third-order valence-corrected chi connectivity index (χ3v) is 3.57. The number of hydrogen-bond acceptors (Lipinski definition) is 5. The Bertz CT molecular complexity index is 321. The van der Waals surface area contributed by atoms with E-state index < -0.39 is 0 Å². The molecule has 0 spiro atoms. The first-order chi connectivity index (χ1) is 6.79. The van der Waals surface area contributed by atoms with Crippen LogP contribution in [0.4, 0.5) is 0 Å². The summed E-state index contributed by atoms with van der Waals surface area (Å²) in [7, 11) is 0. The van der Waals surface area contributed by atoms with Crippen molar-refractivity contribution in [2.24, 2.45) is 0 Å². The van der Waals surface area contributed by atoms with Gasteiger partial charge in [0.05, 0.1) is 13.2 Å². The van der Waals surface area contributed by atoms with Crippen LogP contribution in [0.2, 0.25) is 0 Å². The topological polar surface area (TPSA) is 61.9 Å². The van der Waals surface area contributed by atoms with Crippen LogP contribution >= 0.6 is 23.3 Å². The molecular weight excluding hydrogens is 218 g/mol. The van der Waals surface area contributed by atoms with Crippen LogP contribution in [0.15, 0.2) is 5.16 Å². The van der Waals surface area contributed by atoms with Crippen LogP contribution in [0.3, 0.4) is 0 Å². The van der Waals surface area contributed by atoms with E-state index in [-0.39, 0.29) is 6.61 Å². The fourth-order valence-corrected chi connectivity index (χ4v) is 2.85. The number of unbranched alkanes of at least 4 members (excludes halogenated alkanes) is 1. The third kappa shape index (κ3) is 3.11. The van der Waals surface area contributed by atoms with E-state index in [1.807, 2.05) is 0 Å². The van der Waals surface area contributed by atoms with E-state index >= 15 is 0 Å². The number of aliphatic hydroxyl groups is 1. The molecule has 0 saturated heterocycles. The van der Waals surface area contributed by atoms with Gasteiger partial charge in [-0.2, -0.15) is 4.37 Å². The Kier molecular flexibility index (Phi) is 5.21. The highest BCUT2D eigenvalue weighted by molar-refractivity contribution is 7.99. The molecule has 0 unspecified atom stereocenters. The van der Waals surface area contributed by atoms with Crippen LogP contribution < -0.4 is 4.80 Å². The van der Waals surface area contributed by atoms with Crippen LogP contribution in [0, 0.1) is 5.41 Å². The second-order valence-corrected chi connectivity index (χ2v) is 4.66. The van der Waals surface area contributed by atoms with Crippen LogP contribution in [-0.4, -0.2) is 26.4 Å². The van der Waals surface area contributed by atoms with Crippen molar-refractivity contribution in [3.05, 3.63) is 4.80 Å². The fourth-order valence-electron chi connectivity index (χ4n) is 0.977. The number of nitrogens with one attached hydrogen (secondary N) is 1. The number of thioether (sulfide) groups is 1. The molecule has 0 fully saturated rings. The molecule has 0 aliphatic carbocycles. The average Bonchev–Trinajstić information content (AvgIpc) is 2.51. The Morgan fingerprint density at radius 2 is 2.43 bits per heavy atom. The van der Waals surface area contributed by atoms with E-state index in [0.717, 1.165) is 17.3 Å². The lowest BCUT2D eigenvalue weighted by atomic mass is 10.4. The van der Waals surface area contributed by atoms with E-state index in [9.17, 15) is 0 Å². The standard InChI is InChI=1S/C8H15N3OS2/c1-2-3-6-13-8-10-14-7(9)11(8)4-5-12/h9,12H,2-6H2,1H3. The second-order valence-electron chi connectivity index (χ2n) is 2.85. The molecule has 0 bridgehead atoms. The van der Waals surface area contributed by atoms with Gasteiger partial charge in [-0.05, 0) is 6.42 Å². The highest BCUT2D eigenvalue weighted by Gasteiger charge is 2.05. The first kappa shape index (κ1) is 11.7. The lowest BCUT2D eigenvalue weighted by Crippen LogP contribution is -2.16. The van der Waals surface area contributed by atoms with Gasteiger partial charge >= 0.3 is 0 Å². The molecule has 0 radical (unpaired) electrons. The SMILES string of the molecule is CCCCSc1nsc(=N)n1CCO. The zero-order valence-corrected chi connectivity index (χ0v) is 9.83. The Labute approximate surface area is 91.7 Å². The zero-order valence-electron chi connectivity index (χ0n) is 8.19. The Balaban J connectivity index is 2.61. The molecule has 0 saturated carbocycles. The molecule has 0 aromatic carbocycles. The van der Waals surface area contributed by atoms with Crippen molar-refractivity contribution in [3.63, 3.8) is 0 Å². The lowest BCUT2D eigenvalue weighted by Gasteiger charge is -2.03. The first-order valence-electron chi connectivity index (χ1n) is 4.64. The fraction of sp³-hybridized carbons (Fsp3) is 0.750. The van der Waals surface area contributed by atoms with Crippen LogP contribution in [0.25, 0.3) is 0 Å². The highest BCUT2D eigenvalue weighted by Crippen LogP contribution is 2.16. The van der Waals surface area contributed by atoms with Gasteiger partial charge in [0.25, 0.3) is 0 Å². The summed E-state index contributed by atoms with van der Waals surface area (Å²) in [5.41, 5.74) is 0. The predicted molar refractivity (Wildman–Crippen MR) is 58.7 cm³/mol. The number of nitrogens with zero attached hydrogens (tertiary/aromatic N) is 2. The maximum Gasteiger partial charge on any atom is 0.202 e. The van der Waals surface area contributed by atoms with Crippen molar-refractivity contribution in [1.29, 1.82) is 5.41 Å². The van der Waals surface area contributed by atoms with Gasteiger partial charge < -0.3 is 5.11 Å². The molecule has 14 heavy (non-hydrogen) atoms. The monoisotopic (exact) mass is 233 g/mol. The molecule has 0 atom stereocenters. The maximum absolute atomic E-state index is 8.82. The molecule has 1 aromatic rings. The van der Waals surface area contributed by atoms with Crippen LogP contribution in [-0.2, 0) is 6.54 Å². The quantitative estimate of drug-likeness (QED) is 0.575. The summed E-state index contributed by atoms with van der Waals surface area (Å²) in [5, 5.41) is 17.3. The van der Waals surface area contributed by atoms with Gasteiger partial charge in [-0.3, -0.25) is 9.98 Å². The second kappa shape index (κ2) is 6.21. The molecule has 0 aliphatic rings. The Morgan fingerprint density at radius 3 is 3.07 bits per heavy atom. The maximum atomic E-state index is 8.82. The minimum absolute atomic E-state index is 0.0658. The lowest BCUT2D eigenvalue weighted by molar-refractivity contribution is 0.269. The van der Waals surface area contributed by atoms with Gasteiger partial charge in [0, 0.05) is 17.3 Å². The van der Waals surface area contributed by atoms with Gasteiger partial charge in [-0.25, -0.2) is 0 Å². The Morgan fingerprint density at radius 1 is 1.64 bits per heavy atom. The average molecular weight is 233 g/mol. The smallest absolute Gasteiger partial charge is 0.202 e. The summed E-state index contributed by atoms with van der Waals surface area (Å²) in [6.45, 7) is 2.69. The molecule has 6 heteroatoms.